The predicted octanol–water partition coefficient (Wildman–Crippen LogP) is 4.22. The Morgan fingerprint density at radius 1 is 1.37 bits per heavy atom. The second-order valence-corrected chi connectivity index (χ2v) is 6.17. The summed E-state index contributed by atoms with van der Waals surface area (Å²) in [6.45, 7) is 7.21. The van der Waals surface area contributed by atoms with Gasteiger partial charge in [0.1, 0.15) is 0 Å². The zero-order valence-electron chi connectivity index (χ0n) is 11.9. The molecule has 1 aromatic rings. The minimum absolute atomic E-state index is 0.447. The SMILES string of the molecule is CCNC(CC1CCOCC1)c1cccc(C)c1Br. The van der Waals surface area contributed by atoms with Crippen LogP contribution in [0.5, 0.6) is 0 Å². The van der Waals surface area contributed by atoms with E-state index in [0.29, 0.717) is 6.04 Å². The molecule has 0 amide bonds. The molecule has 0 aliphatic carbocycles. The van der Waals surface area contributed by atoms with Gasteiger partial charge in [-0.05, 0) is 49.8 Å². The van der Waals surface area contributed by atoms with E-state index >= 15 is 0 Å². The van der Waals surface area contributed by atoms with Crippen molar-refractivity contribution in [1.29, 1.82) is 0 Å². The molecule has 1 unspecified atom stereocenters. The largest absolute Gasteiger partial charge is 0.381 e. The molecule has 0 bridgehead atoms. The van der Waals surface area contributed by atoms with E-state index in [2.05, 4.69) is 53.3 Å². The zero-order valence-corrected chi connectivity index (χ0v) is 13.5. The second-order valence-electron chi connectivity index (χ2n) is 5.38. The molecular formula is C16H24BrNO. The van der Waals surface area contributed by atoms with Crippen molar-refractivity contribution in [1.82, 2.24) is 5.32 Å². The number of hydrogen-bond donors (Lipinski definition) is 1. The van der Waals surface area contributed by atoms with E-state index in [-0.39, 0.29) is 0 Å². The number of ether oxygens (including phenoxy) is 1. The van der Waals surface area contributed by atoms with Gasteiger partial charge in [0.15, 0.2) is 0 Å². The Kier molecular flexibility index (Phi) is 5.86. The van der Waals surface area contributed by atoms with Gasteiger partial charge in [-0.25, -0.2) is 0 Å². The zero-order chi connectivity index (χ0) is 13.7. The van der Waals surface area contributed by atoms with Gasteiger partial charge in [0, 0.05) is 23.7 Å². The molecule has 2 rings (SSSR count). The molecule has 3 heteroatoms. The molecule has 2 nitrogen and oxygen atoms in total. The third-order valence-corrected chi connectivity index (χ3v) is 5.04. The van der Waals surface area contributed by atoms with E-state index < -0.39 is 0 Å². The maximum absolute atomic E-state index is 5.46. The third-order valence-electron chi connectivity index (χ3n) is 3.96. The molecule has 1 atom stereocenters. The van der Waals surface area contributed by atoms with Crippen LogP contribution in [0.2, 0.25) is 0 Å². The van der Waals surface area contributed by atoms with Crippen LogP contribution in [0.25, 0.3) is 0 Å². The van der Waals surface area contributed by atoms with Crippen LogP contribution in [0.4, 0.5) is 0 Å². The van der Waals surface area contributed by atoms with Crippen molar-refractivity contribution >= 4 is 15.9 Å². The van der Waals surface area contributed by atoms with Crippen molar-refractivity contribution in [3.05, 3.63) is 33.8 Å². The van der Waals surface area contributed by atoms with Gasteiger partial charge in [0.05, 0.1) is 0 Å². The fourth-order valence-corrected chi connectivity index (χ4v) is 3.36. The first-order valence-corrected chi connectivity index (χ1v) is 8.07. The van der Waals surface area contributed by atoms with Crippen LogP contribution in [-0.4, -0.2) is 19.8 Å². The van der Waals surface area contributed by atoms with Crippen LogP contribution in [0, 0.1) is 12.8 Å². The third kappa shape index (κ3) is 4.04. The van der Waals surface area contributed by atoms with Crippen LogP contribution in [-0.2, 0) is 4.74 Å². The molecule has 19 heavy (non-hydrogen) atoms. The van der Waals surface area contributed by atoms with Gasteiger partial charge in [-0.3, -0.25) is 0 Å². The Morgan fingerprint density at radius 3 is 2.79 bits per heavy atom. The maximum atomic E-state index is 5.46. The van der Waals surface area contributed by atoms with Crippen LogP contribution in [0.1, 0.15) is 43.4 Å². The van der Waals surface area contributed by atoms with E-state index in [4.69, 9.17) is 4.74 Å². The molecule has 1 aliphatic rings. The predicted molar refractivity (Wildman–Crippen MR) is 83.5 cm³/mol. The van der Waals surface area contributed by atoms with Gasteiger partial charge < -0.3 is 10.1 Å². The average Bonchev–Trinajstić information content (AvgIpc) is 2.43. The summed E-state index contributed by atoms with van der Waals surface area (Å²) in [4.78, 5) is 0. The smallest absolute Gasteiger partial charge is 0.0468 e. The van der Waals surface area contributed by atoms with Crippen molar-refractivity contribution < 1.29 is 4.74 Å². The van der Waals surface area contributed by atoms with Gasteiger partial charge in [-0.2, -0.15) is 0 Å². The number of nitrogens with one attached hydrogen (secondary N) is 1. The first-order valence-electron chi connectivity index (χ1n) is 7.28. The molecule has 0 radical (unpaired) electrons. The van der Waals surface area contributed by atoms with Crippen LogP contribution in [0.3, 0.4) is 0 Å². The topological polar surface area (TPSA) is 21.3 Å². The van der Waals surface area contributed by atoms with E-state index in [1.165, 1.54) is 34.9 Å². The van der Waals surface area contributed by atoms with E-state index in [0.717, 1.165) is 25.7 Å². The van der Waals surface area contributed by atoms with Gasteiger partial charge in [0.2, 0.25) is 0 Å². The summed E-state index contributed by atoms with van der Waals surface area (Å²) in [5.41, 5.74) is 2.71. The monoisotopic (exact) mass is 325 g/mol. The highest BCUT2D eigenvalue weighted by molar-refractivity contribution is 9.10. The summed E-state index contributed by atoms with van der Waals surface area (Å²) < 4.78 is 6.72. The fraction of sp³-hybridized carbons (Fsp3) is 0.625. The van der Waals surface area contributed by atoms with Gasteiger partial charge in [-0.15, -0.1) is 0 Å². The van der Waals surface area contributed by atoms with Crippen LogP contribution >= 0.6 is 15.9 Å². The van der Waals surface area contributed by atoms with E-state index in [1.807, 2.05) is 0 Å². The first-order chi connectivity index (χ1) is 9.22. The summed E-state index contributed by atoms with van der Waals surface area (Å²) in [5.74, 6) is 0.783. The summed E-state index contributed by atoms with van der Waals surface area (Å²) in [6, 6.07) is 7.00. The highest BCUT2D eigenvalue weighted by Gasteiger charge is 2.21. The molecule has 1 aromatic carbocycles. The Hall–Kier alpha value is -0.380. The van der Waals surface area contributed by atoms with Crippen molar-refractivity contribution in [3.63, 3.8) is 0 Å². The average molecular weight is 326 g/mol. The van der Waals surface area contributed by atoms with Crippen molar-refractivity contribution in [3.8, 4) is 0 Å². The quantitative estimate of drug-likeness (QED) is 0.874. The van der Waals surface area contributed by atoms with Gasteiger partial charge >= 0.3 is 0 Å². The lowest BCUT2D eigenvalue weighted by molar-refractivity contribution is 0.0605. The normalized spacial score (nSPS) is 18.5. The fourth-order valence-electron chi connectivity index (χ4n) is 2.82. The molecule has 1 aliphatic heterocycles. The number of halogens is 1. The molecular weight excluding hydrogens is 302 g/mol. The minimum Gasteiger partial charge on any atom is -0.381 e. The Labute approximate surface area is 125 Å². The maximum Gasteiger partial charge on any atom is 0.0468 e. The van der Waals surface area contributed by atoms with Gasteiger partial charge in [-0.1, -0.05) is 41.1 Å². The lowest BCUT2D eigenvalue weighted by Gasteiger charge is -2.28. The number of hydrogen-bond acceptors (Lipinski definition) is 2. The molecule has 1 fully saturated rings. The summed E-state index contributed by atoms with van der Waals surface area (Å²) in [5, 5.41) is 3.64. The van der Waals surface area contributed by atoms with Crippen LogP contribution < -0.4 is 5.32 Å². The number of rotatable bonds is 5. The van der Waals surface area contributed by atoms with E-state index in [9.17, 15) is 0 Å². The summed E-state index contributed by atoms with van der Waals surface area (Å²) >= 11 is 3.75. The first kappa shape index (κ1) is 15.0. The Bertz CT molecular complexity index is 402. The summed E-state index contributed by atoms with van der Waals surface area (Å²) in [7, 11) is 0. The molecule has 1 heterocycles. The second kappa shape index (κ2) is 7.41. The van der Waals surface area contributed by atoms with Crippen molar-refractivity contribution in [2.75, 3.05) is 19.8 Å². The van der Waals surface area contributed by atoms with Crippen molar-refractivity contribution in [2.24, 2.45) is 5.92 Å². The minimum atomic E-state index is 0.447. The molecule has 106 valence electrons. The molecule has 0 spiro atoms. The lowest BCUT2D eigenvalue weighted by Crippen LogP contribution is -2.26. The van der Waals surface area contributed by atoms with Gasteiger partial charge in [0.25, 0.3) is 0 Å². The Morgan fingerprint density at radius 2 is 2.11 bits per heavy atom. The molecule has 0 aromatic heterocycles. The Balaban J connectivity index is 2.11. The highest BCUT2D eigenvalue weighted by Crippen LogP contribution is 2.32. The number of benzene rings is 1. The standard InChI is InChI=1S/C16H24BrNO/c1-3-18-15(11-13-7-9-19-10-8-13)14-6-4-5-12(2)16(14)17/h4-6,13,15,18H,3,7-11H2,1-2H3. The number of aryl methyl sites for hydroxylation is 1. The lowest BCUT2D eigenvalue weighted by atomic mass is 9.89. The van der Waals surface area contributed by atoms with E-state index in [1.54, 1.807) is 0 Å². The van der Waals surface area contributed by atoms with Crippen LogP contribution in [0.15, 0.2) is 22.7 Å². The summed E-state index contributed by atoms with van der Waals surface area (Å²) in [6.07, 6.45) is 3.61. The molecule has 1 saturated heterocycles. The highest BCUT2D eigenvalue weighted by atomic mass is 79.9. The molecule has 1 N–H and O–H groups in total. The molecule has 0 saturated carbocycles. The van der Waals surface area contributed by atoms with Crippen molar-refractivity contribution in [2.45, 2.75) is 39.2 Å².